The number of halogens is 6. The topological polar surface area (TPSA) is 102 Å². The van der Waals surface area contributed by atoms with Crippen LogP contribution < -0.4 is 20.9 Å². The van der Waals surface area contributed by atoms with Gasteiger partial charge in [0.25, 0.3) is 0 Å². The number of alkyl halides is 6. The summed E-state index contributed by atoms with van der Waals surface area (Å²) in [5.74, 6) is 5.86. The molecule has 3 N–H and O–H groups in total. The summed E-state index contributed by atoms with van der Waals surface area (Å²) in [6.07, 6.45) is -2.67. The van der Waals surface area contributed by atoms with Crippen molar-refractivity contribution in [2.24, 2.45) is 18.3 Å². The predicted octanol–water partition coefficient (Wildman–Crippen LogP) is 6.75. The molecule has 1 saturated carbocycles. The second-order valence-electron chi connectivity index (χ2n) is 11.6. The number of benzene rings is 1. The molecule has 1 atom stereocenters. The van der Waals surface area contributed by atoms with Crippen LogP contribution in [0.25, 0.3) is 17.0 Å². The van der Waals surface area contributed by atoms with Gasteiger partial charge in [-0.3, -0.25) is 10.1 Å². The molecule has 2 heterocycles. The quantitative estimate of drug-likeness (QED) is 0.122. The molecule has 2 aromatic heterocycles. The van der Waals surface area contributed by atoms with Crippen LogP contribution in [0.1, 0.15) is 42.8 Å². The molecule has 0 spiro atoms. The Hall–Kier alpha value is -3.77. The number of nitrogens with one attached hydrogen (secondary N) is 1. The standard InChI is InChI=1S/C29H31F6N6O2P/c1-16-7-6-8-20(27(16,2)15-41(36)23-14-22(38-39-23)28(30,31)32)24-25(17-9-10-17)40(3)26(37-24)19-12-11-18(44(4,5)42)13-21(19)43-29(33,34)35/h6-8,11-14,17H,1,9-10,15,36H2,2-5H3,(H,38,39). The van der Waals surface area contributed by atoms with E-state index < -0.39 is 36.5 Å². The van der Waals surface area contributed by atoms with E-state index in [0.717, 1.165) is 35.7 Å². The van der Waals surface area contributed by atoms with Gasteiger partial charge in [-0.25, -0.2) is 10.8 Å². The summed E-state index contributed by atoms with van der Waals surface area (Å²) in [6.45, 7) is 8.86. The van der Waals surface area contributed by atoms with Crippen LogP contribution in [0.5, 0.6) is 5.75 Å². The molecule has 0 amide bonds. The van der Waals surface area contributed by atoms with Crippen LogP contribution in [-0.4, -0.2) is 46.0 Å². The van der Waals surface area contributed by atoms with Crippen molar-refractivity contribution in [2.45, 2.75) is 38.2 Å². The molecule has 2 aliphatic carbocycles. The molecule has 3 aromatic rings. The molecule has 1 fully saturated rings. The number of ether oxygens (including phenoxy) is 1. The zero-order chi connectivity index (χ0) is 32.4. The first-order valence-corrected chi connectivity index (χ1v) is 16.2. The van der Waals surface area contributed by atoms with Gasteiger partial charge < -0.3 is 13.9 Å². The van der Waals surface area contributed by atoms with Gasteiger partial charge in [-0.1, -0.05) is 30.9 Å². The summed E-state index contributed by atoms with van der Waals surface area (Å²) in [7, 11) is -1.22. The molecule has 8 nitrogen and oxygen atoms in total. The molecule has 44 heavy (non-hydrogen) atoms. The third kappa shape index (κ3) is 6.10. The summed E-state index contributed by atoms with van der Waals surface area (Å²) in [5, 5.41) is 6.98. The Morgan fingerprint density at radius 2 is 1.89 bits per heavy atom. The molecule has 0 bridgehead atoms. The summed E-state index contributed by atoms with van der Waals surface area (Å²) in [6, 6.07) is 4.86. The number of hydrazine groups is 1. The smallest absolute Gasteiger partial charge is 0.405 e. The molecule has 236 valence electrons. The first kappa shape index (κ1) is 31.6. The van der Waals surface area contributed by atoms with Gasteiger partial charge in [-0.15, -0.1) is 13.2 Å². The van der Waals surface area contributed by atoms with E-state index in [2.05, 4.69) is 16.4 Å². The Kier molecular flexibility index (Phi) is 7.69. The van der Waals surface area contributed by atoms with Crippen molar-refractivity contribution in [3.05, 3.63) is 71.7 Å². The second kappa shape index (κ2) is 10.7. The third-order valence-corrected chi connectivity index (χ3v) is 9.45. The van der Waals surface area contributed by atoms with E-state index in [-0.39, 0.29) is 35.0 Å². The average Bonchev–Trinajstić information content (AvgIpc) is 3.47. The minimum Gasteiger partial charge on any atom is -0.405 e. The largest absolute Gasteiger partial charge is 0.573 e. The van der Waals surface area contributed by atoms with E-state index >= 15 is 0 Å². The number of hydrogen-bond acceptors (Lipinski definition) is 6. The van der Waals surface area contributed by atoms with Crippen molar-refractivity contribution in [3.8, 4) is 17.1 Å². The SMILES string of the molecule is C=C1C=CC=C(c2nc(-c3ccc(P(C)(C)=O)cc3OC(F)(F)F)n(C)c2C2CC2)C1(C)CN(N)c1cc(C(F)(F)F)[nH]n1. The summed E-state index contributed by atoms with van der Waals surface area (Å²) < 4.78 is 99.0. The van der Waals surface area contributed by atoms with Gasteiger partial charge in [0.05, 0.1) is 11.3 Å². The molecule has 1 unspecified atom stereocenters. The van der Waals surface area contributed by atoms with Crippen molar-refractivity contribution >= 4 is 23.8 Å². The van der Waals surface area contributed by atoms with E-state index in [1.165, 1.54) is 25.5 Å². The number of anilines is 1. The fraction of sp³-hybridized carbons (Fsp3) is 0.379. The van der Waals surface area contributed by atoms with Crippen molar-refractivity contribution in [1.29, 1.82) is 0 Å². The highest BCUT2D eigenvalue weighted by Crippen LogP contribution is 2.51. The summed E-state index contributed by atoms with van der Waals surface area (Å²) in [4.78, 5) is 4.87. The Morgan fingerprint density at radius 1 is 1.20 bits per heavy atom. The molecule has 0 radical (unpaired) electrons. The van der Waals surface area contributed by atoms with Crippen molar-refractivity contribution in [1.82, 2.24) is 19.7 Å². The molecule has 2 aliphatic rings. The Bertz CT molecular complexity index is 1730. The number of aromatic nitrogens is 4. The molecule has 5 rings (SSSR count). The maximum Gasteiger partial charge on any atom is 0.573 e. The number of rotatable bonds is 8. The lowest BCUT2D eigenvalue weighted by Crippen LogP contribution is -2.43. The van der Waals surface area contributed by atoms with Crippen molar-refractivity contribution < 1.29 is 35.6 Å². The van der Waals surface area contributed by atoms with Gasteiger partial charge in [-0.2, -0.15) is 18.3 Å². The number of nitrogens with two attached hydrogens (primary N) is 1. The van der Waals surface area contributed by atoms with Crippen LogP contribution in [-0.2, 0) is 17.8 Å². The number of H-pyrrole nitrogens is 1. The van der Waals surface area contributed by atoms with E-state index in [4.69, 9.17) is 10.8 Å². The fourth-order valence-electron chi connectivity index (χ4n) is 5.37. The van der Waals surface area contributed by atoms with Gasteiger partial charge >= 0.3 is 12.5 Å². The summed E-state index contributed by atoms with van der Waals surface area (Å²) in [5.41, 5.74) is 0.532. The van der Waals surface area contributed by atoms with Crippen LogP contribution in [0.4, 0.5) is 32.2 Å². The number of imidazole rings is 1. The minimum atomic E-state index is -5.01. The van der Waals surface area contributed by atoms with Crippen LogP contribution in [0.15, 0.2) is 54.6 Å². The third-order valence-electron chi connectivity index (χ3n) is 7.93. The lowest BCUT2D eigenvalue weighted by atomic mass is 9.71. The van der Waals surface area contributed by atoms with Gasteiger partial charge in [-0.05, 0) is 56.4 Å². The average molecular weight is 641 g/mol. The van der Waals surface area contributed by atoms with Gasteiger partial charge in [0.1, 0.15) is 24.4 Å². The second-order valence-corrected chi connectivity index (χ2v) is 14.9. The maximum absolute atomic E-state index is 13.5. The van der Waals surface area contributed by atoms with Crippen LogP contribution in [0.2, 0.25) is 0 Å². The molecule has 0 saturated heterocycles. The summed E-state index contributed by atoms with van der Waals surface area (Å²) >= 11 is 0. The molecular formula is C29H31F6N6O2P. The first-order chi connectivity index (χ1) is 20.3. The zero-order valence-corrected chi connectivity index (χ0v) is 25.2. The number of hydrogen-bond donors (Lipinski definition) is 2. The lowest BCUT2D eigenvalue weighted by Gasteiger charge is -2.38. The maximum atomic E-state index is 13.5. The number of aromatic amines is 1. The van der Waals surface area contributed by atoms with Crippen molar-refractivity contribution in [3.63, 3.8) is 0 Å². The highest BCUT2D eigenvalue weighted by molar-refractivity contribution is 7.70. The molecule has 1 aromatic carbocycles. The molecule has 15 heteroatoms. The van der Waals surface area contributed by atoms with Crippen LogP contribution >= 0.6 is 7.14 Å². The normalized spacial score (nSPS) is 19.3. The fourth-order valence-corrected chi connectivity index (χ4v) is 6.23. The van der Waals surface area contributed by atoms with Crippen LogP contribution in [0, 0.1) is 5.41 Å². The van der Waals surface area contributed by atoms with E-state index in [1.54, 1.807) is 29.8 Å². The highest BCUT2D eigenvalue weighted by atomic mass is 31.2. The monoisotopic (exact) mass is 640 g/mol. The van der Waals surface area contributed by atoms with E-state index in [1.807, 2.05) is 12.0 Å². The predicted molar refractivity (Wildman–Crippen MR) is 156 cm³/mol. The van der Waals surface area contributed by atoms with Gasteiger partial charge in [0.15, 0.2) is 5.82 Å². The molecule has 0 aliphatic heterocycles. The van der Waals surface area contributed by atoms with Crippen molar-refractivity contribution in [2.75, 3.05) is 24.9 Å². The minimum absolute atomic E-state index is 0.0421. The Labute approximate surface area is 249 Å². The number of allylic oxidation sites excluding steroid dienone is 3. The molecular weight excluding hydrogens is 609 g/mol. The number of nitrogens with zero attached hydrogens (tertiary/aromatic N) is 4. The Balaban J connectivity index is 1.61. The lowest BCUT2D eigenvalue weighted by molar-refractivity contribution is -0.274. The van der Waals surface area contributed by atoms with E-state index in [0.29, 0.717) is 16.8 Å². The highest BCUT2D eigenvalue weighted by Gasteiger charge is 2.42. The van der Waals surface area contributed by atoms with E-state index in [9.17, 15) is 30.9 Å². The van der Waals surface area contributed by atoms with Gasteiger partial charge in [0.2, 0.25) is 0 Å². The first-order valence-electron chi connectivity index (χ1n) is 13.6. The van der Waals surface area contributed by atoms with Crippen LogP contribution in [0.3, 0.4) is 0 Å². The Morgan fingerprint density at radius 3 is 2.45 bits per heavy atom. The zero-order valence-electron chi connectivity index (χ0n) is 24.3. The van der Waals surface area contributed by atoms with Gasteiger partial charge in [0, 0.05) is 42.0 Å².